The molecule has 2 aromatic rings. The van der Waals surface area contributed by atoms with Crippen LogP contribution < -0.4 is 5.32 Å². The lowest BCUT2D eigenvalue weighted by Gasteiger charge is -2.12. The molecule has 0 saturated carbocycles. The molecule has 1 N–H and O–H groups in total. The molecule has 2 nitrogen and oxygen atoms in total. The lowest BCUT2D eigenvalue weighted by molar-refractivity contribution is -0.120. The highest BCUT2D eigenvalue weighted by Gasteiger charge is 2.13. The van der Waals surface area contributed by atoms with Crippen LogP contribution in [0.3, 0.4) is 0 Å². The number of thioether (sulfide) groups is 2. The lowest BCUT2D eigenvalue weighted by Crippen LogP contribution is -2.32. The van der Waals surface area contributed by atoms with Gasteiger partial charge in [-0.25, -0.2) is 4.39 Å². The molecule has 25 heavy (non-hydrogen) atoms. The van der Waals surface area contributed by atoms with E-state index >= 15 is 0 Å². The van der Waals surface area contributed by atoms with Crippen molar-refractivity contribution in [3.63, 3.8) is 0 Å². The van der Waals surface area contributed by atoms with Crippen LogP contribution in [0.5, 0.6) is 0 Å². The van der Waals surface area contributed by atoms with Crippen LogP contribution in [0.15, 0.2) is 47.4 Å². The van der Waals surface area contributed by atoms with Crippen molar-refractivity contribution >= 4 is 41.0 Å². The standard InChI is InChI=1S/C19H21ClFNOS2/c1-13-6-8-15(9-7-13)25-14(2)19(23)22-10-11-24-12-16-17(20)4-3-5-18(16)21/h3-9,14H,10-12H2,1-2H3,(H,22,23). The minimum atomic E-state index is -0.285. The molecule has 2 rings (SSSR count). The number of benzene rings is 2. The van der Waals surface area contributed by atoms with Crippen molar-refractivity contribution in [2.24, 2.45) is 0 Å². The number of carbonyl (C=O) groups excluding carboxylic acids is 1. The fraction of sp³-hybridized carbons (Fsp3) is 0.316. The number of aryl methyl sites for hydroxylation is 1. The Morgan fingerprint density at radius 2 is 1.96 bits per heavy atom. The van der Waals surface area contributed by atoms with Crippen molar-refractivity contribution in [3.8, 4) is 0 Å². The smallest absolute Gasteiger partial charge is 0.233 e. The lowest BCUT2D eigenvalue weighted by atomic mass is 10.2. The molecule has 2 aromatic carbocycles. The maximum atomic E-state index is 13.7. The summed E-state index contributed by atoms with van der Waals surface area (Å²) in [5.41, 5.74) is 1.72. The van der Waals surface area contributed by atoms with Crippen LogP contribution in [-0.4, -0.2) is 23.5 Å². The predicted octanol–water partition coefficient (Wildman–Crippen LogP) is 5.32. The maximum Gasteiger partial charge on any atom is 0.233 e. The van der Waals surface area contributed by atoms with E-state index in [4.69, 9.17) is 11.6 Å². The number of hydrogen-bond acceptors (Lipinski definition) is 3. The summed E-state index contributed by atoms with van der Waals surface area (Å²) in [6.07, 6.45) is 0. The highest BCUT2D eigenvalue weighted by atomic mass is 35.5. The molecule has 1 atom stereocenters. The van der Waals surface area contributed by atoms with Gasteiger partial charge in [0.25, 0.3) is 0 Å². The minimum absolute atomic E-state index is 0.00935. The quantitative estimate of drug-likeness (QED) is 0.483. The minimum Gasteiger partial charge on any atom is -0.354 e. The molecular weight excluding hydrogens is 377 g/mol. The summed E-state index contributed by atoms with van der Waals surface area (Å²) in [6.45, 7) is 4.48. The van der Waals surface area contributed by atoms with Crippen LogP contribution in [0, 0.1) is 12.7 Å². The van der Waals surface area contributed by atoms with Gasteiger partial charge >= 0.3 is 0 Å². The zero-order chi connectivity index (χ0) is 18.2. The van der Waals surface area contributed by atoms with Crippen LogP contribution in [0.1, 0.15) is 18.1 Å². The number of amides is 1. The Balaban J connectivity index is 1.68. The van der Waals surface area contributed by atoms with E-state index in [1.165, 1.54) is 23.4 Å². The molecule has 0 aliphatic carbocycles. The van der Waals surface area contributed by atoms with Gasteiger partial charge in [0, 0.05) is 33.5 Å². The van der Waals surface area contributed by atoms with E-state index in [2.05, 4.69) is 5.32 Å². The van der Waals surface area contributed by atoms with E-state index in [9.17, 15) is 9.18 Å². The predicted molar refractivity (Wildman–Crippen MR) is 107 cm³/mol. The summed E-state index contributed by atoms with van der Waals surface area (Å²) in [5.74, 6) is 0.926. The topological polar surface area (TPSA) is 29.1 Å². The monoisotopic (exact) mass is 397 g/mol. The third-order valence-electron chi connectivity index (χ3n) is 3.56. The van der Waals surface area contributed by atoms with Crippen molar-refractivity contribution in [3.05, 3.63) is 64.4 Å². The maximum absolute atomic E-state index is 13.7. The van der Waals surface area contributed by atoms with Crippen LogP contribution in [-0.2, 0) is 10.5 Å². The van der Waals surface area contributed by atoms with Gasteiger partial charge in [0.15, 0.2) is 0 Å². The van der Waals surface area contributed by atoms with E-state index in [0.29, 0.717) is 28.6 Å². The summed E-state index contributed by atoms with van der Waals surface area (Å²) < 4.78 is 13.7. The zero-order valence-electron chi connectivity index (χ0n) is 14.2. The Morgan fingerprint density at radius 3 is 2.64 bits per heavy atom. The molecule has 0 fully saturated rings. The molecule has 6 heteroatoms. The summed E-state index contributed by atoms with van der Waals surface area (Å²) in [6, 6.07) is 12.8. The first-order chi connectivity index (χ1) is 12.0. The van der Waals surface area contributed by atoms with Gasteiger partial charge in [0.2, 0.25) is 5.91 Å². The molecule has 0 bridgehead atoms. The number of rotatable bonds is 8. The molecular formula is C19H21ClFNOS2. The third-order valence-corrected chi connectivity index (χ3v) is 6.01. The first-order valence-electron chi connectivity index (χ1n) is 7.99. The van der Waals surface area contributed by atoms with Crippen molar-refractivity contribution < 1.29 is 9.18 Å². The Morgan fingerprint density at radius 1 is 1.24 bits per heavy atom. The molecule has 0 saturated heterocycles. The third kappa shape index (κ3) is 6.57. The summed E-state index contributed by atoms with van der Waals surface area (Å²) in [7, 11) is 0. The molecule has 0 radical (unpaired) electrons. The van der Waals surface area contributed by atoms with Gasteiger partial charge < -0.3 is 5.32 Å². The van der Waals surface area contributed by atoms with Gasteiger partial charge in [-0.15, -0.1) is 11.8 Å². The van der Waals surface area contributed by atoms with Crippen LogP contribution in [0.25, 0.3) is 0 Å². The average Bonchev–Trinajstić information content (AvgIpc) is 2.58. The number of carbonyl (C=O) groups is 1. The first kappa shape index (κ1) is 20.1. The van der Waals surface area contributed by atoms with E-state index in [1.54, 1.807) is 23.9 Å². The Bertz CT molecular complexity index is 689. The molecule has 0 aliphatic rings. The van der Waals surface area contributed by atoms with E-state index < -0.39 is 0 Å². The van der Waals surface area contributed by atoms with Gasteiger partial charge in [0.05, 0.1) is 5.25 Å². The van der Waals surface area contributed by atoms with Gasteiger partial charge in [-0.1, -0.05) is 35.4 Å². The molecule has 1 unspecified atom stereocenters. The summed E-state index contributed by atoms with van der Waals surface area (Å²) in [4.78, 5) is 13.2. The van der Waals surface area contributed by atoms with Crippen LogP contribution in [0.4, 0.5) is 4.39 Å². The summed E-state index contributed by atoms with van der Waals surface area (Å²) in [5, 5.41) is 3.21. The molecule has 0 spiro atoms. The molecule has 0 aliphatic heterocycles. The molecule has 0 heterocycles. The van der Waals surface area contributed by atoms with Crippen molar-refractivity contribution in [2.45, 2.75) is 29.7 Å². The second kappa shape index (κ2) is 10.1. The van der Waals surface area contributed by atoms with E-state index in [-0.39, 0.29) is 17.0 Å². The first-order valence-corrected chi connectivity index (χ1v) is 10.4. The second-order valence-corrected chi connectivity index (χ2v) is 8.54. The number of halogens is 2. The SMILES string of the molecule is Cc1ccc(SC(C)C(=O)NCCSCc2c(F)cccc2Cl)cc1. The average molecular weight is 398 g/mol. The van der Waals surface area contributed by atoms with Gasteiger partial charge in [-0.05, 0) is 38.1 Å². The highest BCUT2D eigenvalue weighted by molar-refractivity contribution is 8.00. The van der Waals surface area contributed by atoms with Crippen molar-refractivity contribution in [2.75, 3.05) is 12.3 Å². The van der Waals surface area contributed by atoms with Crippen LogP contribution in [0.2, 0.25) is 5.02 Å². The van der Waals surface area contributed by atoms with Gasteiger partial charge in [-0.2, -0.15) is 11.8 Å². The normalized spacial score (nSPS) is 12.0. The van der Waals surface area contributed by atoms with E-state index in [1.807, 2.05) is 38.1 Å². The Labute approximate surface area is 161 Å². The number of hydrogen-bond donors (Lipinski definition) is 1. The number of nitrogens with one attached hydrogen (secondary N) is 1. The van der Waals surface area contributed by atoms with Crippen LogP contribution >= 0.6 is 35.1 Å². The Hall–Kier alpha value is -1.17. The van der Waals surface area contributed by atoms with Gasteiger partial charge in [-0.3, -0.25) is 4.79 Å². The molecule has 134 valence electrons. The zero-order valence-corrected chi connectivity index (χ0v) is 16.6. The Kier molecular flexibility index (Phi) is 8.13. The largest absolute Gasteiger partial charge is 0.354 e. The molecule has 0 aromatic heterocycles. The van der Waals surface area contributed by atoms with Crippen molar-refractivity contribution in [1.82, 2.24) is 5.32 Å². The second-order valence-electron chi connectivity index (χ2n) is 5.62. The van der Waals surface area contributed by atoms with Crippen molar-refractivity contribution in [1.29, 1.82) is 0 Å². The fourth-order valence-electron chi connectivity index (χ4n) is 2.11. The fourth-order valence-corrected chi connectivity index (χ4v) is 4.20. The van der Waals surface area contributed by atoms with E-state index in [0.717, 1.165) is 4.90 Å². The highest BCUT2D eigenvalue weighted by Crippen LogP contribution is 2.24. The molecule has 1 amide bonds. The summed E-state index contributed by atoms with van der Waals surface area (Å²) >= 11 is 9.08. The van der Waals surface area contributed by atoms with Gasteiger partial charge in [0.1, 0.15) is 5.82 Å².